The van der Waals surface area contributed by atoms with Crippen LogP contribution in [0.2, 0.25) is 0 Å². The fourth-order valence-corrected chi connectivity index (χ4v) is 6.65. The molecular formula is C22H26BrN3O4S. The summed E-state index contributed by atoms with van der Waals surface area (Å²) in [6.45, 7) is 4.42. The molecule has 7 nitrogen and oxygen atoms in total. The number of hydrogen-bond donors (Lipinski definition) is 0. The van der Waals surface area contributed by atoms with Crippen LogP contribution in [0.4, 0.5) is 11.4 Å². The summed E-state index contributed by atoms with van der Waals surface area (Å²) in [6.07, 6.45) is 1.13. The van der Waals surface area contributed by atoms with Crippen LogP contribution in [0.15, 0.2) is 45.8 Å². The van der Waals surface area contributed by atoms with Crippen molar-refractivity contribution in [1.29, 1.82) is 0 Å². The molecule has 0 unspecified atom stereocenters. The topological polar surface area (TPSA) is 70.2 Å². The van der Waals surface area contributed by atoms with Crippen molar-refractivity contribution in [2.75, 3.05) is 49.6 Å². The molecule has 0 aromatic heterocycles. The van der Waals surface area contributed by atoms with Crippen LogP contribution in [0, 0.1) is 0 Å². The Bertz CT molecular complexity index is 1080. The number of carbonyl (C=O) groups excluding carboxylic acids is 1. The third-order valence-corrected chi connectivity index (χ3v) is 8.78. The summed E-state index contributed by atoms with van der Waals surface area (Å²) < 4.78 is 34.2. The van der Waals surface area contributed by atoms with Gasteiger partial charge in [-0.05, 0) is 64.3 Å². The molecule has 1 saturated heterocycles. The van der Waals surface area contributed by atoms with Crippen LogP contribution in [0.1, 0.15) is 18.9 Å². The van der Waals surface area contributed by atoms with Crippen molar-refractivity contribution in [1.82, 2.24) is 4.31 Å². The Morgan fingerprint density at radius 3 is 2.35 bits per heavy atom. The molecule has 2 aliphatic rings. The highest BCUT2D eigenvalue weighted by atomic mass is 79.9. The standard InChI is InChI=1S/C22H26BrN3O4S/c1-3-22(27)26-9-8-16-14-19(23)21(15-20(16)26)31(28,29)25-12-10-24(11-13-25)17-4-6-18(30-2)7-5-17/h4-7,14-15H,3,8-13H2,1-2H3. The van der Waals surface area contributed by atoms with Gasteiger partial charge in [0.2, 0.25) is 15.9 Å². The van der Waals surface area contributed by atoms with E-state index < -0.39 is 10.0 Å². The summed E-state index contributed by atoms with van der Waals surface area (Å²) in [5, 5.41) is 0. The maximum absolute atomic E-state index is 13.4. The quantitative estimate of drug-likeness (QED) is 0.620. The van der Waals surface area contributed by atoms with Crippen molar-refractivity contribution in [2.45, 2.75) is 24.7 Å². The lowest BCUT2D eigenvalue weighted by atomic mass is 10.2. The molecule has 2 heterocycles. The van der Waals surface area contributed by atoms with Crippen LogP contribution in [0.5, 0.6) is 5.75 Å². The average molecular weight is 508 g/mol. The molecule has 2 aromatic rings. The number of benzene rings is 2. The van der Waals surface area contributed by atoms with Gasteiger partial charge in [-0.2, -0.15) is 4.31 Å². The average Bonchev–Trinajstić information content (AvgIpc) is 3.20. The molecule has 9 heteroatoms. The maximum Gasteiger partial charge on any atom is 0.244 e. The van der Waals surface area contributed by atoms with Gasteiger partial charge in [0.1, 0.15) is 5.75 Å². The Balaban J connectivity index is 1.54. The monoisotopic (exact) mass is 507 g/mol. The molecule has 0 N–H and O–H groups in total. The first-order chi connectivity index (χ1) is 14.8. The largest absolute Gasteiger partial charge is 0.497 e. The smallest absolute Gasteiger partial charge is 0.244 e. The highest BCUT2D eigenvalue weighted by Crippen LogP contribution is 2.37. The molecule has 1 amide bonds. The number of piperazine rings is 1. The number of carbonyl (C=O) groups is 1. The lowest BCUT2D eigenvalue weighted by Gasteiger charge is -2.35. The molecule has 0 atom stereocenters. The van der Waals surface area contributed by atoms with E-state index in [0.717, 1.165) is 23.4 Å². The minimum absolute atomic E-state index is 0.0116. The molecule has 2 aliphatic heterocycles. The van der Waals surface area contributed by atoms with Crippen molar-refractivity contribution in [2.24, 2.45) is 0 Å². The van der Waals surface area contributed by atoms with Crippen molar-refractivity contribution >= 4 is 43.2 Å². The zero-order valence-corrected chi connectivity index (χ0v) is 20.1. The summed E-state index contributed by atoms with van der Waals surface area (Å²) in [5.74, 6) is 0.805. The molecule has 0 spiro atoms. The summed E-state index contributed by atoms with van der Waals surface area (Å²) in [5.41, 5.74) is 2.76. The molecule has 166 valence electrons. The van der Waals surface area contributed by atoms with Gasteiger partial charge < -0.3 is 14.5 Å². The molecule has 0 aliphatic carbocycles. The maximum atomic E-state index is 13.4. The zero-order chi connectivity index (χ0) is 22.2. The molecular weight excluding hydrogens is 482 g/mol. The van der Waals surface area contributed by atoms with E-state index in [1.165, 1.54) is 4.31 Å². The first kappa shape index (κ1) is 22.1. The van der Waals surface area contributed by atoms with Gasteiger partial charge in [0.25, 0.3) is 0 Å². The highest BCUT2D eigenvalue weighted by molar-refractivity contribution is 9.10. The number of halogens is 1. The summed E-state index contributed by atoms with van der Waals surface area (Å²) >= 11 is 3.46. The van der Waals surface area contributed by atoms with Crippen molar-refractivity contribution < 1.29 is 17.9 Å². The predicted molar refractivity (Wildman–Crippen MR) is 124 cm³/mol. The number of rotatable bonds is 5. The van der Waals surface area contributed by atoms with Crippen LogP contribution < -0.4 is 14.5 Å². The Kier molecular flexibility index (Phi) is 6.27. The van der Waals surface area contributed by atoms with E-state index in [9.17, 15) is 13.2 Å². The first-order valence-electron chi connectivity index (χ1n) is 10.4. The summed E-state index contributed by atoms with van der Waals surface area (Å²) in [4.78, 5) is 16.4. The van der Waals surface area contributed by atoms with Crippen LogP contribution in [0.3, 0.4) is 0 Å². The third-order valence-electron chi connectivity index (χ3n) is 5.93. The number of fused-ring (bicyclic) bond motifs is 1. The number of amides is 1. The van der Waals surface area contributed by atoms with E-state index in [0.29, 0.717) is 49.3 Å². The van der Waals surface area contributed by atoms with Crippen LogP contribution in [0.25, 0.3) is 0 Å². The number of hydrogen-bond acceptors (Lipinski definition) is 5. The van der Waals surface area contributed by atoms with Gasteiger partial charge in [0.15, 0.2) is 0 Å². The minimum atomic E-state index is -3.68. The molecule has 4 rings (SSSR count). The Morgan fingerprint density at radius 2 is 1.74 bits per heavy atom. The van der Waals surface area contributed by atoms with E-state index in [1.54, 1.807) is 18.1 Å². The lowest BCUT2D eigenvalue weighted by molar-refractivity contribution is -0.118. The van der Waals surface area contributed by atoms with E-state index in [1.807, 2.05) is 37.3 Å². The lowest BCUT2D eigenvalue weighted by Crippen LogP contribution is -2.48. The molecule has 2 aromatic carbocycles. The normalized spacial score (nSPS) is 17.0. The van der Waals surface area contributed by atoms with Crippen molar-refractivity contribution in [3.8, 4) is 5.75 Å². The van der Waals surface area contributed by atoms with Gasteiger partial charge in [-0.25, -0.2) is 8.42 Å². The van der Waals surface area contributed by atoms with Gasteiger partial charge in [-0.15, -0.1) is 0 Å². The predicted octanol–water partition coefficient (Wildman–Crippen LogP) is 3.27. The summed E-state index contributed by atoms with van der Waals surface area (Å²) in [7, 11) is -2.05. The second-order valence-electron chi connectivity index (χ2n) is 7.65. The Labute approximate surface area is 191 Å². The van der Waals surface area contributed by atoms with Gasteiger partial charge in [-0.3, -0.25) is 4.79 Å². The van der Waals surface area contributed by atoms with Gasteiger partial charge in [0.05, 0.1) is 12.0 Å². The fraction of sp³-hybridized carbons (Fsp3) is 0.409. The Morgan fingerprint density at radius 1 is 1.06 bits per heavy atom. The molecule has 1 fully saturated rings. The fourth-order valence-electron chi connectivity index (χ4n) is 4.15. The number of anilines is 2. The van der Waals surface area contributed by atoms with Crippen molar-refractivity contribution in [3.63, 3.8) is 0 Å². The van der Waals surface area contributed by atoms with E-state index in [4.69, 9.17) is 4.74 Å². The highest BCUT2D eigenvalue weighted by Gasteiger charge is 2.33. The molecule has 31 heavy (non-hydrogen) atoms. The third kappa shape index (κ3) is 4.18. The number of methoxy groups -OCH3 is 1. The molecule has 0 radical (unpaired) electrons. The van der Waals surface area contributed by atoms with Crippen molar-refractivity contribution in [3.05, 3.63) is 46.4 Å². The second-order valence-corrected chi connectivity index (χ2v) is 10.4. The SMILES string of the molecule is CCC(=O)N1CCc2cc(Br)c(S(=O)(=O)N3CCN(c4ccc(OC)cc4)CC3)cc21. The second kappa shape index (κ2) is 8.80. The number of ether oxygens (including phenoxy) is 1. The van der Waals surface area contributed by atoms with E-state index in [-0.39, 0.29) is 10.8 Å². The first-order valence-corrected chi connectivity index (χ1v) is 12.6. The number of nitrogens with zero attached hydrogens (tertiary/aromatic N) is 3. The minimum Gasteiger partial charge on any atom is -0.497 e. The van der Waals surface area contributed by atoms with Crippen LogP contribution in [-0.2, 0) is 21.2 Å². The summed E-state index contributed by atoms with van der Waals surface area (Å²) in [6, 6.07) is 11.3. The molecule has 0 bridgehead atoms. The molecule has 0 saturated carbocycles. The van der Waals surface area contributed by atoms with Crippen LogP contribution in [-0.4, -0.2) is 58.5 Å². The van der Waals surface area contributed by atoms with Crippen LogP contribution >= 0.6 is 15.9 Å². The van der Waals surface area contributed by atoms with Gasteiger partial charge in [0, 0.05) is 55.0 Å². The Hall–Kier alpha value is -2.10. The zero-order valence-electron chi connectivity index (χ0n) is 17.7. The van der Waals surface area contributed by atoms with E-state index in [2.05, 4.69) is 20.8 Å². The van der Waals surface area contributed by atoms with Gasteiger partial charge in [-0.1, -0.05) is 6.92 Å². The van der Waals surface area contributed by atoms with E-state index >= 15 is 0 Å². The number of sulfonamides is 1. The van der Waals surface area contributed by atoms with Gasteiger partial charge >= 0.3 is 0 Å².